The SMILES string of the molecule is CCCCCCCCCC(CCCCCCCC)[N+](C)(C)C(CCCCCCCC)CCCCCCCCC.[Cl-]. The van der Waals surface area contributed by atoms with Gasteiger partial charge in [0, 0.05) is 0 Å². The zero-order chi connectivity index (χ0) is 28.9. The minimum Gasteiger partial charge on any atom is -1.00 e. The molecule has 0 aromatic heterocycles. The average molecular weight is 587 g/mol. The molecule has 2 atom stereocenters. The summed E-state index contributed by atoms with van der Waals surface area (Å²) in [6.45, 7) is 9.35. The summed E-state index contributed by atoms with van der Waals surface area (Å²) < 4.78 is 1.32. The number of hydrogen-bond donors (Lipinski definition) is 0. The Balaban J connectivity index is 0. The second kappa shape index (κ2) is 32.2. The molecule has 2 heteroatoms. The first-order chi connectivity index (χ1) is 19.0. The predicted octanol–water partition coefficient (Wildman–Crippen LogP) is 10.6. The number of halogens is 1. The number of unbranched alkanes of at least 4 members (excludes halogenated alkanes) is 22. The van der Waals surface area contributed by atoms with Crippen LogP contribution in [0.1, 0.15) is 220 Å². The van der Waals surface area contributed by atoms with Gasteiger partial charge in [-0.3, -0.25) is 0 Å². The fourth-order valence-corrected chi connectivity index (χ4v) is 6.91. The highest BCUT2D eigenvalue weighted by molar-refractivity contribution is 4.68. The molecule has 0 aromatic carbocycles. The maximum Gasteiger partial charge on any atom is 0.0888 e. The molecule has 0 radical (unpaired) electrons. The van der Waals surface area contributed by atoms with Crippen LogP contribution in [0.25, 0.3) is 0 Å². The molecule has 40 heavy (non-hydrogen) atoms. The van der Waals surface area contributed by atoms with Crippen molar-refractivity contribution >= 4 is 0 Å². The van der Waals surface area contributed by atoms with Crippen LogP contribution in [0.5, 0.6) is 0 Å². The van der Waals surface area contributed by atoms with Crippen LogP contribution in [-0.2, 0) is 0 Å². The van der Waals surface area contributed by atoms with Crippen LogP contribution >= 0.6 is 0 Å². The van der Waals surface area contributed by atoms with Crippen LogP contribution in [0.2, 0.25) is 0 Å². The van der Waals surface area contributed by atoms with Crippen LogP contribution in [0.4, 0.5) is 0 Å². The Morgan fingerprint density at radius 2 is 0.475 bits per heavy atom. The quantitative estimate of drug-likeness (QED) is 0.0544. The van der Waals surface area contributed by atoms with Gasteiger partial charge >= 0.3 is 0 Å². The van der Waals surface area contributed by atoms with Gasteiger partial charge in [0.25, 0.3) is 0 Å². The van der Waals surface area contributed by atoms with Gasteiger partial charge in [0.15, 0.2) is 0 Å². The van der Waals surface area contributed by atoms with E-state index >= 15 is 0 Å². The van der Waals surface area contributed by atoms with Crippen molar-refractivity contribution in [3.63, 3.8) is 0 Å². The highest BCUT2D eigenvalue weighted by atomic mass is 35.5. The van der Waals surface area contributed by atoms with Gasteiger partial charge in [-0.25, -0.2) is 0 Å². The molecule has 0 saturated heterocycles. The minimum atomic E-state index is 0. The molecule has 0 bridgehead atoms. The Morgan fingerprint density at radius 3 is 0.675 bits per heavy atom. The normalized spacial score (nSPS) is 13.3. The summed E-state index contributed by atoms with van der Waals surface area (Å²) in [5.41, 5.74) is 0. The number of nitrogens with zero attached hydrogens (tertiary/aromatic N) is 1. The van der Waals surface area contributed by atoms with Crippen LogP contribution in [0, 0.1) is 0 Å². The van der Waals surface area contributed by atoms with Gasteiger partial charge in [-0.05, 0) is 51.4 Å². The van der Waals surface area contributed by atoms with Gasteiger partial charge in [-0.15, -0.1) is 0 Å². The lowest BCUT2D eigenvalue weighted by atomic mass is 9.91. The molecule has 1 nitrogen and oxygen atoms in total. The molecule has 2 unspecified atom stereocenters. The molecule has 0 amide bonds. The Labute approximate surface area is 262 Å². The summed E-state index contributed by atoms with van der Waals surface area (Å²) in [4.78, 5) is 0. The van der Waals surface area contributed by atoms with Gasteiger partial charge in [0.05, 0.1) is 26.2 Å². The van der Waals surface area contributed by atoms with E-state index in [4.69, 9.17) is 0 Å². The summed E-state index contributed by atoms with van der Waals surface area (Å²) in [6.07, 6.45) is 43.4. The van der Waals surface area contributed by atoms with Gasteiger partial charge in [0.2, 0.25) is 0 Å². The molecule has 0 aliphatic rings. The van der Waals surface area contributed by atoms with E-state index in [1.165, 1.54) is 197 Å². The van der Waals surface area contributed by atoms with Crippen LogP contribution in [-0.4, -0.2) is 30.7 Å². The highest BCUT2D eigenvalue weighted by Gasteiger charge is 2.35. The number of quaternary nitrogens is 1. The minimum absolute atomic E-state index is 0. The summed E-state index contributed by atoms with van der Waals surface area (Å²) >= 11 is 0. The summed E-state index contributed by atoms with van der Waals surface area (Å²) in [6, 6.07) is 1.75. The van der Waals surface area contributed by atoms with Crippen molar-refractivity contribution in [2.75, 3.05) is 14.1 Å². The first-order valence-electron chi connectivity index (χ1n) is 18.9. The lowest BCUT2D eigenvalue weighted by Crippen LogP contribution is -3.00. The third-order valence-corrected chi connectivity index (χ3v) is 9.95. The summed E-state index contributed by atoms with van der Waals surface area (Å²) in [5, 5.41) is 0. The monoisotopic (exact) mass is 586 g/mol. The van der Waals surface area contributed by atoms with Crippen molar-refractivity contribution in [2.45, 2.75) is 232 Å². The molecular weight excluding hydrogens is 506 g/mol. The topological polar surface area (TPSA) is 0 Å². The van der Waals surface area contributed by atoms with Gasteiger partial charge in [0.1, 0.15) is 0 Å². The Hall–Kier alpha value is 0.250. The van der Waals surface area contributed by atoms with Crippen molar-refractivity contribution < 1.29 is 16.9 Å². The lowest BCUT2D eigenvalue weighted by molar-refractivity contribution is -0.940. The molecule has 0 heterocycles. The molecule has 0 saturated carbocycles. The molecular formula is C38H80ClN. The second-order valence-electron chi connectivity index (χ2n) is 13.9. The van der Waals surface area contributed by atoms with E-state index in [-0.39, 0.29) is 12.4 Å². The van der Waals surface area contributed by atoms with E-state index in [0.717, 1.165) is 12.1 Å². The van der Waals surface area contributed by atoms with E-state index in [1.54, 1.807) is 0 Å². The number of rotatable bonds is 32. The largest absolute Gasteiger partial charge is 1.00 e. The summed E-state index contributed by atoms with van der Waals surface area (Å²) in [7, 11) is 5.32. The zero-order valence-corrected chi connectivity index (χ0v) is 29.9. The Bertz CT molecular complexity index is 422. The maximum absolute atomic E-state index is 2.66. The Kier molecular flexibility index (Phi) is 34.1. The lowest BCUT2D eigenvalue weighted by Gasteiger charge is -2.45. The van der Waals surface area contributed by atoms with Crippen molar-refractivity contribution in [3.8, 4) is 0 Å². The molecule has 0 aromatic rings. The van der Waals surface area contributed by atoms with Crippen LogP contribution < -0.4 is 12.4 Å². The first kappa shape index (κ1) is 42.4. The van der Waals surface area contributed by atoms with E-state index in [1.807, 2.05) is 0 Å². The molecule has 244 valence electrons. The molecule has 0 aliphatic heterocycles. The van der Waals surface area contributed by atoms with Crippen molar-refractivity contribution in [2.24, 2.45) is 0 Å². The van der Waals surface area contributed by atoms with E-state index in [0.29, 0.717) is 0 Å². The van der Waals surface area contributed by atoms with E-state index < -0.39 is 0 Å². The number of hydrogen-bond acceptors (Lipinski definition) is 0. The first-order valence-corrected chi connectivity index (χ1v) is 18.9. The smallest absolute Gasteiger partial charge is 0.0888 e. The van der Waals surface area contributed by atoms with Crippen LogP contribution in [0.3, 0.4) is 0 Å². The highest BCUT2D eigenvalue weighted by Crippen LogP contribution is 2.30. The molecule has 0 aliphatic carbocycles. The van der Waals surface area contributed by atoms with Crippen molar-refractivity contribution in [1.29, 1.82) is 0 Å². The van der Waals surface area contributed by atoms with Gasteiger partial charge in [-0.2, -0.15) is 0 Å². The third kappa shape index (κ3) is 24.8. The fraction of sp³-hybridized carbons (Fsp3) is 1.00. The molecule has 0 spiro atoms. The van der Waals surface area contributed by atoms with Crippen molar-refractivity contribution in [3.05, 3.63) is 0 Å². The van der Waals surface area contributed by atoms with Gasteiger partial charge in [-0.1, -0.05) is 169 Å². The third-order valence-electron chi connectivity index (χ3n) is 9.95. The maximum atomic E-state index is 2.66. The second-order valence-corrected chi connectivity index (χ2v) is 13.9. The molecule has 0 fully saturated rings. The van der Waals surface area contributed by atoms with E-state index in [9.17, 15) is 0 Å². The van der Waals surface area contributed by atoms with E-state index in [2.05, 4.69) is 41.8 Å². The van der Waals surface area contributed by atoms with Crippen LogP contribution in [0.15, 0.2) is 0 Å². The fourth-order valence-electron chi connectivity index (χ4n) is 6.91. The Morgan fingerprint density at radius 1 is 0.300 bits per heavy atom. The zero-order valence-electron chi connectivity index (χ0n) is 29.2. The summed E-state index contributed by atoms with van der Waals surface area (Å²) in [5.74, 6) is 0. The van der Waals surface area contributed by atoms with Gasteiger partial charge < -0.3 is 16.9 Å². The standard InChI is InChI=1S/C38H80N.ClH/c1-7-11-15-19-23-27-31-35-37(33-29-25-21-17-13-9-3)39(5,6)38(34-30-26-22-18-14-10-4)36-32-28-24-20-16-12-8-2;/h37-38H,7-36H2,1-6H3;1H/q+1;/p-1. The average Bonchev–Trinajstić information content (AvgIpc) is 2.93. The molecule has 0 N–H and O–H groups in total. The van der Waals surface area contributed by atoms with Crippen molar-refractivity contribution in [1.82, 2.24) is 0 Å². The molecule has 0 rings (SSSR count). The predicted molar refractivity (Wildman–Crippen MR) is 181 cm³/mol.